The molecule has 1 fully saturated rings. The number of pyridine rings is 1. The molecular weight excluding hydrogens is 480 g/mol. The molecule has 9 nitrogen and oxygen atoms in total. The third kappa shape index (κ3) is 5.91. The van der Waals surface area contributed by atoms with E-state index in [-0.39, 0.29) is 17.0 Å². The molecule has 12 heteroatoms. The van der Waals surface area contributed by atoms with Crippen molar-refractivity contribution in [3.8, 4) is 0 Å². The van der Waals surface area contributed by atoms with Gasteiger partial charge in [-0.1, -0.05) is 0 Å². The molecule has 4 rings (SSSR count). The van der Waals surface area contributed by atoms with Crippen molar-refractivity contribution in [2.75, 3.05) is 36.9 Å². The van der Waals surface area contributed by atoms with Gasteiger partial charge in [-0.15, -0.1) is 0 Å². The van der Waals surface area contributed by atoms with Crippen LogP contribution in [0.1, 0.15) is 15.9 Å². The summed E-state index contributed by atoms with van der Waals surface area (Å²) in [4.78, 5) is 16.1. The fourth-order valence-corrected chi connectivity index (χ4v) is 4.98. The number of aromatic nitrogens is 1. The summed E-state index contributed by atoms with van der Waals surface area (Å²) in [5.74, 6) is -1.82. The normalized spacial score (nSPS) is 14.5. The van der Waals surface area contributed by atoms with Crippen LogP contribution in [-0.4, -0.2) is 49.9 Å². The second kappa shape index (κ2) is 10.3. The molecule has 1 saturated heterocycles. The van der Waals surface area contributed by atoms with Crippen molar-refractivity contribution >= 4 is 33.1 Å². The first kappa shape index (κ1) is 24.5. The van der Waals surface area contributed by atoms with Crippen LogP contribution in [0, 0.1) is 11.6 Å². The van der Waals surface area contributed by atoms with Gasteiger partial charge in [0, 0.05) is 43.7 Å². The number of carbonyl (C=O) groups is 1. The second-order valence-corrected chi connectivity index (χ2v) is 9.71. The van der Waals surface area contributed by atoms with Crippen molar-refractivity contribution in [2.45, 2.75) is 11.4 Å². The van der Waals surface area contributed by atoms with E-state index < -0.39 is 27.6 Å². The van der Waals surface area contributed by atoms with E-state index in [4.69, 9.17) is 10.5 Å². The summed E-state index contributed by atoms with van der Waals surface area (Å²) in [5.41, 5.74) is 6.73. The lowest BCUT2D eigenvalue weighted by molar-refractivity contribution is 0.0730. The molecule has 2 aromatic carbocycles. The van der Waals surface area contributed by atoms with E-state index >= 15 is 0 Å². The van der Waals surface area contributed by atoms with E-state index in [2.05, 4.69) is 15.6 Å². The highest BCUT2D eigenvalue weighted by Gasteiger charge is 2.26. The first-order valence-corrected chi connectivity index (χ1v) is 12.1. The molecule has 0 aliphatic carbocycles. The number of nitrogens with one attached hydrogen (secondary N) is 2. The standard InChI is InChI=1S/C23H23F2N5O4S/c24-16-9-15(10-17(25)11-16)13-27-21-12-22(28-14-20(21)23(26)31)29-18-1-3-19(4-2-18)35(32,33)30-5-7-34-8-6-30/h1-4,9-12,14H,5-8,13H2,(H2,26,31)(H2,27,28,29). The van der Waals surface area contributed by atoms with Crippen LogP contribution in [0.4, 0.5) is 26.0 Å². The average Bonchev–Trinajstić information content (AvgIpc) is 2.83. The number of amides is 1. The molecule has 0 radical (unpaired) electrons. The average molecular weight is 504 g/mol. The molecule has 0 bridgehead atoms. The summed E-state index contributed by atoms with van der Waals surface area (Å²) in [7, 11) is -3.62. The van der Waals surface area contributed by atoms with E-state index in [0.717, 1.165) is 6.07 Å². The third-order valence-electron chi connectivity index (χ3n) is 5.31. The van der Waals surface area contributed by atoms with Crippen LogP contribution >= 0.6 is 0 Å². The monoisotopic (exact) mass is 503 g/mol. The van der Waals surface area contributed by atoms with Crippen LogP contribution in [0.15, 0.2) is 59.6 Å². The van der Waals surface area contributed by atoms with Crippen molar-refractivity contribution < 1.29 is 26.7 Å². The number of primary amides is 1. The zero-order chi connectivity index (χ0) is 25.0. The van der Waals surface area contributed by atoms with E-state index in [1.165, 1.54) is 40.8 Å². The Morgan fingerprint density at radius 3 is 2.34 bits per heavy atom. The quantitative estimate of drug-likeness (QED) is 0.431. The predicted octanol–water partition coefficient (Wildman–Crippen LogP) is 2.84. The van der Waals surface area contributed by atoms with Crippen molar-refractivity contribution in [3.63, 3.8) is 0 Å². The van der Waals surface area contributed by atoms with Crippen LogP contribution in [0.2, 0.25) is 0 Å². The lowest BCUT2D eigenvalue weighted by Gasteiger charge is -2.26. The van der Waals surface area contributed by atoms with Gasteiger partial charge in [0.05, 0.1) is 29.4 Å². The van der Waals surface area contributed by atoms with Gasteiger partial charge in [0.2, 0.25) is 10.0 Å². The minimum Gasteiger partial charge on any atom is -0.380 e. The largest absolute Gasteiger partial charge is 0.380 e. The van der Waals surface area contributed by atoms with Crippen LogP contribution in [0.3, 0.4) is 0 Å². The highest BCUT2D eigenvalue weighted by molar-refractivity contribution is 7.89. The van der Waals surface area contributed by atoms with Crippen molar-refractivity contribution in [1.29, 1.82) is 0 Å². The molecule has 1 amide bonds. The molecular formula is C23H23F2N5O4S. The van der Waals surface area contributed by atoms with Gasteiger partial charge in [-0.2, -0.15) is 4.31 Å². The summed E-state index contributed by atoms with van der Waals surface area (Å²) in [6.07, 6.45) is 1.27. The lowest BCUT2D eigenvalue weighted by Crippen LogP contribution is -2.40. The van der Waals surface area contributed by atoms with Gasteiger partial charge in [-0.3, -0.25) is 4.79 Å². The van der Waals surface area contributed by atoms with Crippen LogP contribution in [0.25, 0.3) is 0 Å². The lowest BCUT2D eigenvalue weighted by atomic mass is 10.1. The molecule has 4 N–H and O–H groups in total. The number of hydrogen-bond acceptors (Lipinski definition) is 7. The van der Waals surface area contributed by atoms with Gasteiger partial charge in [0.15, 0.2) is 0 Å². The van der Waals surface area contributed by atoms with E-state index in [1.54, 1.807) is 12.1 Å². The molecule has 1 aliphatic rings. The summed E-state index contributed by atoms with van der Waals surface area (Å²) in [6, 6.07) is 10.8. The number of carbonyl (C=O) groups excluding carboxylic acids is 1. The van der Waals surface area contributed by atoms with Gasteiger partial charge < -0.3 is 21.1 Å². The van der Waals surface area contributed by atoms with Gasteiger partial charge in [-0.25, -0.2) is 22.2 Å². The number of ether oxygens (including phenoxy) is 1. The Morgan fingerprint density at radius 2 is 1.71 bits per heavy atom. The van der Waals surface area contributed by atoms with Gasteiger partial charge in [0.25, 0.3) is 5.91 Å². The smallest absolute Gasteiger partial charge is 0.252 e. The van der Waals surface area contributed by atoms with Crippen molar-refractivity contribution in [3.05, 3.63) is 77.5 Å². The summed E-state index contributed by atoms with van der Waals surface area (Å²) in [5, 5.41) is 5.98. The highest BCUT2D eigenvalue weighted by atomic mass is 32.2. The minimum absolute atomic E-state index is 0.0342. The molecule has 0 spiro atoms. The first-order chi connectivity index (χ1) is 16.7. The second-order valence-electron chi connectivity index (χ2n) is 7.78. The Kier molecular flexibility index (Phi) is 7.24. The maximum Gasteiger partial charge on any atom is 0.252 e. The SMILES string of the molecule is NC(=O)c1cnc(Nc2ccc(S(=O)(=O)N3CCOCC3)cc2)cc1NCc1cc(F)cc(F)c1. The number of benzene rings is 2. The van der Waals surface area contributed by atoms with Crippen molar-refractivity contribution in [2.24, 2.45) is 5.73 Å². The number of sulfonamides is 1. The molecule has 0 saturated carbocycles. The zero-order valence-corrected chi connectivity index (χ0v) is 19.3. The molecule has 3 aromatic rings. The number of morpholine rings is 1. The summed E-state index contributed by atoms with van der Waals surface area (Å²) in [6.45, 7) is 1.35. The molecule has 0 atom stereocenters. The van der Waals surface area contributed by atoms with Crippen molar-refractivity contribution in [1.82, 2.24) is 9.29 Å². The molecule has 184 valence electrons. The predicted molar refractivity (Wildman–Crippen MR) is 126 cm³/mol. The van der Waals surface area contributed by atoms with Gasteiger partial charge in [-0.05, 0) is 42.0 Å². The third-order valence-corrected chi connectivity index (χ3v) is 7.22. The van der Waals surface area contributed by atoms with E-state index in [1.807, 2.05) is 0 Å². The summed E-state index contributed by atoms with van der Waals surface area (Å²) >= 11 is 0. The Morgan fingerprint density at radius 1 is 1.06 bits per heavy atom. The summed E-state index contributed by atoms with van der Waals surface area (Å²) < 4.78 is 59.1. The topological polar surface area (TPSA) is 127 Å². The molecule has 2 heterocycles. The highest BCUT2D eigenvalue weighted by Crippen LogP contribution is 2.24. The Balaban J connectivity index is 1.50. The first-order valence-electron chi connectivity index (χ1n) is 10.7. The van der Waals surface area contributed by atoms with E-state index in [0.29, 0.717) is 49.1 Å². The molecule has 0 unspecified atom stereocenters. The Bertz CT molecular complexity index is 1310. The number of rotatable bonds is 8. The zero-order valence-electron chi connectivity index (χ0n) is 18.5. The fourth-order valence-electron chi connectivity index (χ4n) is 3.57. The van der Waals surface area contributed by atoms with Gasteiger partial charge >= 0.3 is 0 Å². The number of nitrogens with zero attached hydrogens (tertiary/aromatic N) is 2. The number of anilines is 3. The molecule has 1 aromatic heterocycles. The Labute approximate surface area is 201 Å². The minimum atomic E-state index is -3.62. The van der Waals surface area contributed by atoms with E-state index in [9.17, 15) is 22.0 Å². The van der Waals surface area contributed by atoms with Gasteiger partial charge in [0.1, 0.15) is 17.5 Å². The van der Waals surface area contributed by atoms with Crippen LogP contribution < -0.4 is 16.4 Å². The number of halogens is 2. The van der Waals surface area contributed by atoms with Crippen LogP contribution in [0.5, 0.6) is 0 Å². The number of nitrogens with two attached hydrogens (primary N) is 1. The number of hydrogen-bond donors (Lipinski definition) is 3. The fraction of sp³-hybridized carbons (Fsp3) is 0.217. The van der Waals surface area contributed by atoms with Crippen LogP contribution in [-0.2, 0) is 21.3 Å². The molecule has 1 aliphatic heterocycles. The maximum absolute atomic E-state index is 13.5. The Hall–Kier alpha value is -3.61. The molecule has 35 heavy (non-hydrogen) atoms. The maximum atomic E-state index is 13.5.